The minimum absolute atomic E-state index is 0.179. The van der Waals surface area contributed by atoms with Crippen molar-refractivity contribution in [2.45, 2.75) is 30.4 Å². The number of thiophene rings is 1. The highest BCUT2D eigenvalue weighted by Crippen LogP contribution is 2.25. The number of hydrogen-bond donors (Lipinski definition) is 1. The number of ether oxygens (including phenoxy) is 1. The molecule has 1 saturated heterocycles. The van der Waals surface area contributed by atoms with Crippen molar-refractivity contribution in [1.29, 1.82) is 0 Å². The van der Waals surface area contributed by atoms with Crippen molar-refractivity contribution >= 4 is 21.4 Å². The summed E-state index contributed by atoms with van der Waals surface area (Å²) in [5, 5.41) is 1.67. The molecule has 1 fully saturated rings. The van der Waals surface area contributed by atoms with Gasteiger partial charge < -0.3 is 10.5 Å². The molecule has 102 valence electrons. The second-order valence-electron chi connectivity index (χ2n) is 4.29. The molecule has 18 heavy (non-hydrogen) atoms. The number of sulfonamides is 1. The molecule has 0 aromatic carbocycles. The molecular formula is C11H18N2O3S2. The van der Waals surface area contributed by atoms with Gasteiger partial charge in [0.2, 0.25) is 10.0 Å². The predicted molar refractivity (Wildman–Crippen MR) is 71.0 cm³/mol. The van der Waals surface area contributed by atoms with Gasteiger partial charge in [-0.25, -0.2) is 8.42 Å². The van der Waals surface area contributed by atoms with E-state index in [0.717, 1.165) is 17.7 Å². The van der Waals surface area contributed by atoms with Crippen molar-refractivity contribution in [2.75, 3.05) is 20.2 Å². The van der Waals surface area contributed by atoms with Crippen LogP contribution in [0.5, 0.6) is 0 Å². The number of rotatable bonds is 4. The Morgan fingerprint density at radius 1 is 1.50 bits per heavy atom. The fraction of sp³-hybridized carbons (Fsp3) is 0.636. The molecule has 0 amide bonds. The van der Waals surface area contributed by atoms with Crippen molar-refractivity contribution in [1.82, 2.24) is 4.31 Å². The van der Waals surface area contributed by atoms with E-state index >= 15 is 0 Å². The molecule has 1 aromatic heterocycles. The SMILES string of the molecule is COC1CCN(S(=O)(=O)c2csc(CN)c2)CC1. The fourth-order valence-electron chi connectivity index (χ4n) is 2.06. The minimum atomic E-state index is -3.35. The quantitative estimate of drug-likeness (QED) is 0.898. The van der Waals surface area contributed by atoms with Gasteiger partial charge in [0, 0.05) is 37.0 Å². The molecule has 0 atom stereocenters. The topological polar surface area (TPSA) is 72.6 Å². The lowest BCUT2D eigenvalue weighted by Crippen LogP contribution is -2.40. The molecule has 1 aliphatic rings. The van der Waals surface area contributed by atoms with Crippen molar-refractivity contribution in [3.8, 4) is 0 Å². The highest BCUT2D eigenvalue weighted by molar-refractivity contribution is 7.89. The molecule has 0 saturated carbocycles. The van der Waals surface area contributed by atoms with E-state index in [1.54, 1.807) is 18.6 Å². The van der Waals surface area contributed by atoms with Gasteiger partial charge in [0.25, 0.3) is 0 Å². The van der Waals surface area contributed by atoms with Crippen LogP contribution in [0.15, 0.2) is 16.3 Å². The predicted octanol–water partition coefficient (Wildman–Crippen LogP) is 1.01. The third kappa shape index (κ3) is 2.75. The van der Waals surface area contributed by atoms with Crippen LogP contribution in [0.3, 0.4) is 0 Å². The largest absolute Gasteiger partial charge is 0.381 e. The minimum Gasteiger partial charge on any atom is -0.381 e. The summed E-state index contributed by atoms with van der Waals surface area (Å²) in [6.45, 7) is 1.43. The monoisotopic (exact) mass is 290 g/mol. The number of hydrogen-bond acceptors (Lipinski definition) is 5. The maximum absolute atomic E-state index is 12.4. The summed E-state index contributed by atoms with van der Waals surface area (Å²) in [6.07, 6.45) is 1.69. The van der Waals surface area contributed by atoms with E-state index in [-0.39, 0.29) is 6.10 Å². The molecule has 2 rings (SSSR count). The Morgan fingerprint density at radius 2 is 2.17 bits per heavy atom. The summed E-state index contributed by atoms with van der Waals surface area (Å²) >= 11 is 1.39. The van der Waals surface area contributed by atoms with Crippen LogP contribution in [0.2, 0.25) is 0 Å². The van der Waals surface area contributed by atoms with Crippen LogP contribution in [0.4, 0.5) is 0 Å². The summed E-state index contributed by atoms with van der Waals surface area (Å²) in [4.78, 5) is 1.25. The fourth-order valence-corrected chi connectivity index (χ4v) is 4.67. The molecule has 0 radical (unpaired) electrons. The van der Waals surface area contributed by atoms with E-state index in [2.05, 4.69) is 0 Å². The molecule has 2 N–H and O–H groups in total. The zero-order valence-corrected chi connectivity index (χ0v) is 12.0. The normalized spacial score (nSPS) is 19.2. The van der Waals surface area contributed by atoms with Gasteiger partial charge in [-0.15, -0.1) is 11.3 Å². The number of nitrogens with zero attached hydrogens (tertiary/aromatic N) is 1. The van der Waals surface area contributed by atoms with Crippen LogP contribution in [-0.4, -0.2) is 39.0 Å². The summed E-state index contributed by atoms with van der Waals surface area (Å²) in [5.74, 6) is 0. The lowest BCUT2D eigenvalue weighted by molar-refractivity contribution is 0.0604. The Morgan fingerprint density at radius 3 is 2.67 bits per heavy atom. The second kappa shape index (κ2) is 5.66. The maximum atomic E-state index is 12.4. The third-order valence-electron chi connectivity index (χ3n) is 3.20. The van der Waals surface area contributed by atoms with Gasteiger partial charge in [-0.05, 0) is 18.9 Å². The van der Waals surface area contributed by atoms with Gasteiger partial charge in [0.05, 0.1) is 11.0 Å². The average molecular weight is 290 g/mol. The lowest BCUT2D eigenvalue weighted by Gasteiger charge is -2.30. The standard InChI is InChI=1S/C11H18N2O3S2/c1-16-9-2-4-13(5-3-9)18(14,15)11-6-10(7-12)17-8-11/h6,8-9H,2-5,7,12H2,1H3. The number of nitrogens with two attached hydrogens (primary N) is 1. The van der Waals surface area contributed by atoms with Crippen LogP contribution in [0, 0.1) is 0 Å². The Balaban J connectivity index is 2.12. The van der Waals surface area contributed by atoms with Gasteiger partial charge in [0.1, 0.15) is 0 Å². The van der Waals surface area contributed by atoms with Crippen molar-refractivity contribution in [3.05, 3.63) is 16.3 Å². The van der Waals surface area contributed by atoms with E-state index < -0.39 is 10.0 Å². The smallest absolute Gasteiger partial charge is 0.243 e. The van der Waals surface area contributed by atoms with Crippen LogP contribution in [-0.2, 0) is 21.3 Å². The van der Waals surface area contributed by atoms with Crippen molar-refractivity contribution in [3.63, 3.8) is 0 Å². The molecule has 5 nitrogen and oxygen atoms in total. The molecular weight excluding hydrogens is 272 g/mol. The van der Waals surface area contributed by atoms with Crippen LogP contribution in [0.25, 0.3) is 0 Å². The van der Waals surface area contributed by atoms with Crippen molar-refractivity contribution < 1.29 is 13.2 Å². The third-order valence-corrected chi connectivity index (χ3v) is 6.19. The summed E-state index contributed by atoms with van der Waals surface area (Å²) in [6, 6.07) is 1.67. The van der Waals surface area contributed by atoms with Gasteiger partial charge in [-0.2, -0.15) is 4.31 Å². The van der Waals surface area contributed by atoms with Crippen LogP contribution in [0.1, 0.15) is 17.7 Å². The van der Waals surface area contributed by atoms with Gasteiger partial charge >= 0.3 is 0 Å². The van der Waals surface area contributed by atoms with Gasteiger partial charge in [0.15, 0.2) is 0 Å². The highest BCUT2D eigenvalue weighted by Gasteiger charge is 2.29. The van der Waals surface area contributed by atoms with E-state index in [9.17, 15) is 8.42 Å². The second-order valence-corrected chi connectivity index (χ2v) is 7.23. The molecule has 0 unspecified atom stereocenters. The number of methoxy groups -OCH3 is 1. The summed E-state index contributed by atoms with van der Waals surface area (Å²) in [7, 11) is -1.68. The molecule has 0 bridgehead atoms. The Hall–Kier alpha value is -0.470. The van der Waals surface area contributed by atoms with E-state index in [1.165, 1.54) is 15.6 Å². The van der Waals surface area contributed by atoms with Crippen LogP contribution < -0.4 is 5.73 Å². The molecule has 1 aliphatic heterocycles. The zero-order chi connectivity index (χ0) is 13.2. The lowest BCUT2D eigenvalue weighted by atomic mass is 10.1. The first-order valence-electron chi connectivity index (χ1n) is 5.88. The van der Waals surface area contributed by atoms with Crippen molar-refractivity contribution in [2.24, 2.45) is 5.73 Å². The first-order chi connectivity index (χ1) is 8.57. The summed E-state index contributed by atoms with van der Waals surface area (Å²) in [5.41, 5.74) is 5.51. The Kier molecular flexibility index (Phi) is 4.39. The van der Waals surface area contributed by atoms with Gasteiger partial charge in [-0.1, -0.05) is 0 Å². The van der Waals surface area contributed by atoms with E-state index in [4.69, 9.17) is 10.5 Å². The highest BCUT2D eigenvalue weighted by atomic mass is 32.2. The molecule has 0 spiro atoms. The summed E-state index contributed by atoms with van der Waals surface area (Å²) < 4.78 is 31.5. The first kappa shape index (κ1) is 14.0. The van der Waals surface area contributed by atoms with Gasteiger partial charge in [-0.3, -0.25) is 0 Å². The molecule has 1 aromatic rings. The molecule has 2 heterocycles. The molecule has 7 heteroatoms. The Labute approximate surface area is 112 Å². The zero-order valence-electron chi connectivity index (χ0n) is 10.3. The Bertz CT molecular complexity index is 490. The van der Waals surface area contributed by atoms with Crippen LogP contribution >= 0.6 is 11.3 Å². The van der Waals surface area contributed by atoms with E-state index in [1.807, 2.05) is 0 Å². The maximum Gasteiger partial charge on any atom is 0.243 e. The average Bonchev–Trinajstić information content (AvgIpc) is 2.88. The molecule has 0 aliphatic carbocycles. The first-order valence-corrected chi connectivity index (χ1v) is 8.20. The van der Waals surface area contributed by atoms with E-state index in [0.29, 0.717) is 24.5 Å². The number of piperidine rings is 1.